The van der Waals surface area contributed by atoms with E-state index in [0.717, 1.165) is 11.8 Å². The maximum atomic E-state index is 4.47. The molecule has 0 aliphatic heterocycles. The molecule has 1 atom stereocenters. The molecule has 0 aromatic carbocycles. The molecular weight excluding hydrogens is 190 g/mol. The van der Waals surface area contributed by atoms with Crippen molar-refractivity contribution in [3.05, 3.63) is 0 Å². The quantitative estimate of drug-likeness (QED) is 0.705. The Bertz CT molecular complexity index is 170. The number of hydrogen-bond donors (Lipinski definition) is 1. The maximum absolute atomic E-state index is 4.47. The fourth-order valence-corrected chi connectivity index (χ4v) is 2.59. The third-order valence-electron chi connectivity index (χ3n) is 3.65. The highest BCUT2D eigenvalue weighted by Gasteiger charge is 2.28. The third kappa shape index (κ3) is 3.16. The number of hydrogen-bond acceptors (Lipinski definition) is 2. The molecule has 0 bridgehead atoms. The van der Waals surface area contributed by atoms with Crippen LogP contribution in [-0.2, 0) is 0 Å². The normalized spacial score (nSPS) is 21.0. The van der Waals surface area contributed by atoms with E-state index in [-0.39, 0.29) is 0 Å². The number of rotatable bonds is 4. The Morgan fingerprint density at radius 3 is 2.21 bits per heavy atom. The lowest BCUT2D eigenvalue weighted by Gasteiger charge is -2.40. The molecule has 0 aromatic heterocycles. The molecule has 1 fully saturated rings. The van der Waals surface area contributed by atoms with Gasteiger partial charge in [-0.15, -0.1) is 0 Å². The fourth-order valence-electron chi connectivity index (χ4n) is 1.93. The lowest BCUT2D eigenvalue weighted by atomic mass is 9.80. The molecule has 1 aliphatic rings. The largest absolute Gasteiger partial charge is 0.303 e. The van der Waals surface area contributed by atoms with Gasteiger partial charge in [0.1, 0.15) is 0 Å². The van der Waals surface area contributed by atoms with Crippen LogP contribution in [0, 0.1) is 11.3 Å². The van der Waals surface area contributed by atoms with E-state index < -0.39 is 0 Å². The molecular formula is C12H25NS. The zero-order chi connectivity index (χ0) is 10.8. The summed E-state index contributed by atoms with van der Waals surface area (Å²) < 4.78 is 0. The zero-order valence-corrected chi connectivity index (χ0v) is 11.0. The highest BCUT2D eigenvalue weighted by Crippen LogP contribution is 2.30. The van der Waals surface area contributed by atoms with Gasteiger partial charge in [0.05, 0.1) is 0 Å². The molecule has 0 N–H and O–H groups in total. The highest BCUT2D eigenvalue weighted by molar-refractivity contribution is 7.80. The first-order valence-corrected chi connectivity index (χ1v) is 6.39. The van der Waals surface area contributed by atoms with E-state index in [0.29, 0.717) is 11.3 Å². The summed E-state index contributed by atoms with van der Waals surface area (Å²) >= 11 is 4.47. The van der Waals surface area contributed by atoms with E-state index in [9.17, 15) is 0 Å². The van der Waals surface area contributed by atoms with Crippen molar-refractivity contribution in [2.24, 2.45) is 11.3 Å². The molecule has 84 valence electrons. The van der Waals surface area contributed by atoms with Gasteiger partial charge in [-0.2, -0.15) is 12.6 Å². The number of nitrogens with zero attached hydrogens (tertiary/aromatic N) is 1. The second-order valence-corrected chi connectivity index (χ2v) is 6.13. The Morgan fingerprint density at radius 2 is 1.93 bits per heavy atom. The molecule has 1 nitrogen and oxygen atoms in total. The molecule has 14 heavy (non-hydrogen) atoms. The highest BCUT2D eigenvalue weighted by atomic mass is 32.1. The Labute approximate surface area is 94.7 Å². The monoisotopic (exact) mass is 215 g/mol. The van der Waals surface area contributed by atoms with E-state index >= 15 is 0 Å². The average molecular weight is 215 g/mol. The van der Waals surface area contributed by atoms with Crippen LogP contribution in [0.2, 0.25) is 0 Å². The molecule has 0 amide bonds. The van der Waals surface area contributed by atoms with Gasteiger partial charge in [-0.05, 0) is 37.0 Å². The van der Waals surface area contributed by atoms with E-state index in [2.05, 4.69) is 45.3 Å². The van der Waals surface area contributed by atoms with Gasteiger partial charge in [0, 0.05) is 12.6 Å². The van der Waals surface area contributed by atoms with Gasteiger partial charge in [0.2, 0.25) is 0 Å². The van der Waals surface area contributed by atoms with Crippen molar-refractivity contribution in [2.45, 2.75) is 46.1 Å². The molecule has 0 spiro atoms. The minimum atomic E-state index is 0.389. The van der Waals surface area contributed by atoms with Gasteiger partial charge in [-0.25, -0.2) is 0 Å². The fraction of sp³-hybridized carbons (Fsp3) is 1.00. The van der Waals surface area contributed by atoms with Crippen LogP contribution in [-0.4, -0.2) is 30.3 Å². The molecule has 2 heteroatoms. The zero-order valence-electron chi connectivity index (χ0n) is 10.1. The predicted molar refractivity (Wildman–Crippen MR) is 67.1 cm³/mol. The van der Waals surface area contributed by atoms with Gasteiger partial charge >= 0.3 is 0 Å². The summed E-state index contributed by atoms with van der Waals surface area (Å²) in [6.07, 6.45) is 4.23. The van der Waals surface area contributed by atoms with E-state index in [1.807, 2.05) is 0 Å². The van der Waals surface area contributed by atoms with Gasteiger partial charge in [-0.3, -0.25) is 0 Å². The molecule has 1 unspecified atom stereocenters. The minimum absolute atomic E-state index is 0.389. The Hall–Kier alpha value is 0.310. The third-order valence-corrected chi connectivity index (χ3v) is 4.09. The average Bonchev–Trinajstić information content (AvgIpc) is 1.94. The Kier molecular flexibility index (Phi) is 4.32. The summed E-state index contributed by atoms with van der Waals surface area (Å²) in [5, 5.41) is 0. The van der Waals surface area contributed by atoms with Crippen LogP contribution in [0.15, 0.2) is 0 Å². The van der Waals surface area contributed by atoms with Crippen molar-refractivity contribution in [1.29, 1.82) is 0 Å². The van der Waals surface area contributed by atoms with E-state index in [1.165, 1.54) is 25.8 Å². The van der Waals surface area contributed by atoms with Crippen molar-refractivity contribution in [2.75, 3.05) is 19.3 Å². The molecule has 1 aliphatic carbocycles. The lowest BCUT2D eigenvalue weighted by molar-refractivity contribution is 0.109. The van der Waals surface area contributed by atoms with Gasteiger partial charge in [-0.1, -0.05) is 27.2 Å². The van der Waals surface area contributed by atoms with Crippen molar-refractivity contribution in [3.63, 3.8) is 0 Å². The summed E-state index contributed by atoms with van der Waals surface area (Å²) in [4.78, 5) is 2.54. The first-order valence-electron chi connectivity index (χ1n) is 5.76. The van der Waals surface area contributed by atoms with Gasteiger partial charge in [0.25, 0.3) is 0 Å². The maximum Gasteiger partial charge on any atom is 0.00923 e. The summed E-state index contributed by atoms with van der Waals surface area (Å²) in [7, 11) is 2.27. The summed E-state index contributed by atoms with van der Waals surface area (Å²) in [5.74, 6) is 1.71. The van der Waals surface area contributed by atoms with Crippen LogP contribution in [0.3, 0.4) is 0 Å². The van der Waals surface area contributed by atoms with Crippen LogP contribution in [0.1, 0.15) is 40.0 Å². The van der Waals surface area contributed by atoms with Crippen molar-refractivity contribution in [3.8, 4) is 0 Å². The van der Waals surface area contributed by atoms with Gasteiger partial charge < -0.3 is 4.90 Å². The van der Waals surface area contributed by atoms with Crippen molar-refractivity contribution >= 4 is 12.6 Å². The summed E-state index contributed by atoms with van der Waals surface area (Å²) in [5.41, 5.74) is 0.389. The topological polar surface area (TPSA) is 3.24 Å². The first-order chi connectivity index (χ1) is 6.45. The van der Waals surface area contributed by atoms with E-state index in [1.54, 1.807) is 0 Å². The van der Waals surface area contributed by atoms with Gasteiger partial charge in [0.15, 0.2) is 0 Å². The van der Waals surface area contributed by atoms with Crippen LogP contribution in [0.25, 0.3) is 0 Å². The molecule has 0 aromatic rings. The molecule has 1 saturated carbocycles. The van der Waals surface area contributed by atoms with Crippen LogP contribution in [0.5, 0.6) is 0 Å². The smallest absolute Gasteiger partial charge is 0.00923 e. The first kappa shape index (κ1) is 12.4. The number of thiol groups is 1. The predicted octanol–water partition coefficient (Wildman–Crippen LogP) is 3.06. The second kappa shape index (κ2) is 4.89. The van der Waals surface area contributed by atoms with Crippen LogP contribution < -0.4 is 0 Å². The Balaban J connectivity index is 2.39. The lowest BCUT2D eigenvalue weighted by Crippen LogP contribution is -2.43. The Morgan fingerprint density at radius 1 is 1.36 bits per heavy atom. The van der Waals surface area contributed by atoms with Crippen molar-refractivity contribution < 1.29 is 0 Å². The SMILES string of the molecule is CN(CC(CS)C(C)(C)C)C1CCC1. The summed E-state index contributed by atoms with van der Waals surface area (Å²) in [6.45, 7) is 8.17. The van der Waals surface area contributed by atoms with Crippen LogP contribution >= 0.6 is 12.6 Å². The molecule has 0 radical (unpaired) electrons. The second-order valence-electron chi connectivity index (χ2n) is 5.77. The van der Waals surface area contributed by atoms with E-state index in [4.69, 9.17) is 0 Å². The van der Waals surface area contributed by atoms with Crippen molar-refractivity contribution in [1.82, 2.24) is 4.90 Å². The molecule has 1 rings (SSSR count). The standard InChI is InChI=1S/C12H25NS/c1-12(2,3)10(9-14)8-13(4)11-6-5-7-11/h10-11,14H,5-9H2,1-4H3. The summed E-state index contributed by atoms with van der Waals surface area (Å²) in [6, 6.07) is 0.861. The molecule has 0 saturated heterocycles. The minimum Gasteiger partial charge on any atom is -0.303 e. The van der Waals surface area contributed by atoms with Crippen LogP contribution in [0.4, 0.5) is 0 Å². The molecule has 0 heterocycles.